The fourth-order valence-corrected chi connectivity index (χ4v) is 4.02. The van der Waals surface area contributed by atoms with E-state index >= 15 is 0 Å². The number of hydrogen-bond donors (Lipinski definition) is 1. The Kier molecular flexibility index (Phi) is 4.73. The van der Waals surface area contributed by atoms with Crippen LogP contribution in [0.25, 0.3) is 16.9 Å². The van der Waals surface area contributed by atoms with Gasteiger partial charge in [0.1, 0.15) is 11.6 Å². The van der Waals surface area contributed by atoms with Crippen LogP contribution in [0.4, 0.5) is 11.6 Å². The second-order valence-corrected chi connectivity index (χ2v) is 7.70. The van der Waals surface area contributed by atoms with E-state index in [1.165, 1.54) is 0 Å². The number of benzene rings is 1. The maximum atomic E-state index is 9.96. The van der Waals surface area contributed by atoms with Crippen molar-refractivity contribution in [2.24, 2.45) is 0 Å². The van der Waals surface area contributed by atoms with Crippen molar-refractivity contribution in [3.63, 3.8) is 0 Å². The summed E-state index contributed by atoms with van der Waals surface area (Å²) in [7, 11) is 2.16. The van der Waals surface area contributed by atoms with Gasteiger partial charge < -0.3 is 24.5 Å². The average molecular weight is 394 g/mol. The van der Waals surface area contributed by atoms with Gasteiger partial charge >= 0.3 is 0 Å². The molecule has 0 aliphatic carbocycles. The molecular formula is C21H26N6O2. The van der Waals surface area contributed by atoms with E-state index in [0.717, 1.165) is 67.8 Å². The molecule has 4 heterocycles. The van der Waals surface area contributed by atoms with Gasteiger partial charge in [-0.15, -0.1) is 0 Å². The number of hydrogen-bond acceptors (Lipinski definition) is 7. The Morgan fingerprint density at radius 2 is 1.79 bits per heavy atom. The van der Waals surface area contributed by atoms with E-state index in [9.17, 15) is 5.11 Å². The number of ether oxygens (including phenoxy) is 1. The van der Waals surface area contributed by atoms with Crippen LogP contribution >= 0.6 is 0 Å². The first-order chi connectivity index (χ1) is 14.2. The molecular weight excluding hydrogens is 368 g/mol. The summed E-state index contributed by atoms with van der Waals surface area (Å²) >= 11 is 0. The Hall–Kier alpha value is -2.84. The molecule has 2 aliphatic heterocycles. The van der Waals surface area contributed by atoms with Gasteiger partial charge in [0, 0.05) is 51.0 Å². The molecule has 29 heavy (non-hydrogen) atoms. The van der Waals surface area contributed by atoms with Crippen LogP contribution in [0.1, 0.15) is 0 Å². The van der Waals surface area contributed by atoms with Gasteiger partial charge in [0.25, 0.3) is 0 Å². The van der Waals surface area contributed by atoms with Gasteiger partial charge in [0.15, 0.2) is 11.5 Å². The number of aromatic nitrogens is 3. The van der Waals surface area contributed by atoms with Crippen LogP contribution < -0.4 is 9.80 Å². The number of rotatable bonds is 3. The molecule has 0 unspecified atom stereocenters. The Balaban J connectivity index is 1.64. The highest BCUT2D eigenvalue weighted by molar-refractivity contribution is 5.73. The summed E-state index contributed by atoms with van der Waals surface area (Å²) in [6, 6.07) is 7.26. The summed E-state index contributed by atoms with van der Waals surface area (Å²) in [5, 5.41) is 9.96. The van der Waals surface area contributed by atoms with Gasteiger partial charge in [-0.2, -0.15) is 0 Å². The number of nitrogens with zero attached hydrogens (tertiary/aromatic N) is 6. The van der Waals surface area contributed by atoms with Crippen LogP contribution in [0.5, 0.6) is 5.75 Å². The topological polar surface area (TPSA) is 69.4 Å². The van der Waals surface area contributed by atoms with E-state index in [1.54, 1.807) is 12.1 Å². The molecule has 0 amide bonds. The molecule has 8 heteroatoms. The quantitative estimate of drug-likeness (QED) is 0.725. The third kappa shape index (κ3) is 3.49. The van der Waals surface area contributed by atoms with Gasteiger partial charge in [0.2, 0.25) is 0 Å². The zero-order valence-electron chi connectivity index (χ0n) is 16.7. The van der Waals surface area contributed by atoms with E-state index in [-0.39, 0.29) is 5.75 Å². The molecule has 0 bridgehead atoms. The van der Waals surface area contributed by atoms with Gasteiger partial charge in [-0.05, 0) is 19.2 Å². The monoisotopic (exact) mass is 394 g/mol. The third-order valence-corrected chi connectivity index (χ3v) is 5.73. The van der Waals surface area contributed by atoms with Crippen LogP contribution in [0.2, 0.25) is 0 Å². The lowest BCUT2D eigenvalue weighted by Gasteiger charge is -2.33. The second kappa shape index (κ2) is 7.53. The highest BCUT2D eigenvalue weighted by atomic mass is 16.5. The molecule has 0 saturated carbocycles. The lowest BCUT2D eigenvalue weighted by molar-refractivity contribution is 0.122. The summed E-state index contributed by atoms with van der Waals surface area (Å²) in [4.78, 5) is 16.7. The summed E-state index contributed by atoms with van der Waals surface area (Å²) in [5.41, 5.74) is 2.58. The van der Waals surface area contributed by atoms with Crippen molar-refractivity contribution in [1.82, 2.24) is 19.3 Å². The Labute approximate surface area is 170 Å². The van der Waals surface area contributed by atoms with Crippen molar-refractivity contribution in [3.8, 4) is 17.0 Å². The van der Waals surface area contributed by atoms with Crippen LogP contribution in [0.15, 0.2) is 36.7 Å². The van der Waals surface area contributed by atoms with Crippen LogP contribution in [-0.4, -0.2) is 83.9 Å². The van der Waals surface area contributed by atoms with Crippen molar-refractivity contribution in [2.75, 3.05) is 69.3 Å². The SMILES string of the molecule is CN1CCN(c2cnc3c(N4CCOCC4)nc(-c4cccc(O)c4)cn23)CC1. The molecule has 8 nitrogen and oxygen atoms in total. The van der Waals surface area contributed by atoms with Crippen molar-refractivity contribution < 1.29 is 9.84 Å². The van der Waals surface area contributed by atoms with Crippen LogP contribution in [-0.2, 0) is 4.74 Å². The largest absolute Gasteiger partial charge is 0.508 e. The number of anilines is 2. The van der Waals surface area contributed by atoms with Gasteiger partial charge in [0.05, 0.1) is 25.1 Å². The number of piperazine rings is 1. The molecule has 1 aromatic carbocycles. The predicted molar refractivity (Wildman–Crippen MR) is 113 cm³/mol. The van der Waals surface area contributed by atoms with E-state index in [4.69, 9.17) is 14.7 Å². The number of fused-ring (bicyclic) bond motifs is 1. The fraction of sp³-hybridized carbons (Fsp3) is 0.429. The van der Waals surface area contributed by atoms with Crippen LogP contribution in [0.3, 0.4) is 0 Å². The number of aromatic hydroxyl groups is 1. The number of phenolic OH excluding ortho intramolecular Hbond substituents is 1. The maximum Gasteiger partial charge on any atom is 0.181 e. The normalized spacial score (nSPS) is 18.5. The lowest BCUT2D eigenvalue weighted by atomic mass is 10.1. The van der Waals surface area contributed by atoms with Crippen molar-refractivity contribution in [3.05, 3.63) is 36.7 Å². The molecule has 0 radical (unpaired) electrons. The van der Waals surface area contributed by atoms with E-state index in [2.05, 4.69) is 26.1 Å². The molecule has 152 valence electrons. The molecule has 3 aromatic rings. The summed E-state index contributed by atoms with van der Waals surface area (Å²) in [6.07, 6.45) is 3.99. The number of likely N-dealkylation sites (N-methyl/N-ethyl adjacent to an activating group) is 1. The predicted octanol–water partition coefficient (Wildman–Crippen LogP) is 1.69. The minimum atomic E-state index is 0.238. The zero-order valence-corrected chi connectivity index (χ0v) is 16.7. The highest BCUT2D eigenvalue weighted by Gasteiger charge is 2.23. The number of morpholine rings is 1. The highest BCUT2D eigenvalue weighted by Crippen LogP contribution is 2.30. The molecule has 2 aromatic heterocycles. The summed E-state index contributed by atoms with van der Waals surface area (Å²) in [6.45, 7) is 6.99. The average Bonchev–Trinajstić information content (AvgIpc) is 3.18. The minimum Gasteiger partial charge on any atom is -0.508 e. The van der Waals surface area contributed by atoms with Crippen molar-refractivity contribution in [2.45, 2.75) is 0 Å². The molecule has 0 atom stereocenters. The smallest absolute Gasteiger partial charge is 0.181 e. The molecule has 2 saturated heterocycles. The first-order valence-corrected chi connectivity index (χ1v) is 10.1. The molecule has 2 aliphatic rings. The maximum absolute atomic E-state index is 9.96. The van der Waals surface area contributed by atoms with E-state index < -0.39 is 0 Å². The molecule has 1 N–H and O–H groups in total. The third-order valence-electron chi connectivity index (χ3n) is 5.73. The van der Waals surface area contributed by atoms with Gasteiger partial charge in [-0.25, -0.2) is 9.97 Å². The Morgan fingerprint density at radius 1 is 1.00 bits per heavy atom. The van der Waals surface area contributed by atoms with Crippen LogP contribution in [0, 0.1) is 0 Å². The Bertz CT molecular complexity index is 1010. The van der Waals surface area contributed by atoms with E-state index in [0.29, 0.717) is 13.2 Å². The number of imidazole rings is 1. The summed E-state index contributed by atoms with van der Waals surface area (Å²) < 4.78 is 7.69. The Morgan fingerprint density at radius 3 is 2.55 bits per heavy atom. The van der Waals surface area contributed by atoms with Crippen molar-refractivity contribution >= 4 is 17.3 Å². The minimum absolute atomic E-state index is 0.238. The second-order valence-electron chi connectivity index (χ2n) is 7.70. The summed E-state index contributed by atoms with van der Waals surface area (Å²) in [5.74, 6) is 2.20. The lowest BCUT2D eigenvalue weighted by Crippen LogP contribution is -2.45. The first kappa shape index (κ1) is 18.2. The zero-order chi connectivity index (χ0) is 19.8. The molecule has 2 fully saturated rings. The first-order valence-electron chi connectivity index (χ1n) is 10.1. The van der Waals surface area contributed by atoms with Gasteiger partial charge in [-0.3, -0.25) is 4.40 Å². The van der Waals surface area contributed by atoms with E-state index in [1.807, 2.05) is 24.5 Å². The van der Waals surface area contributed by atoms with Crippen molar-refractivity contribution in [1.29, 1.82) is 0 Å². The number of phenols is 1. The molecule has 5 rings (SSSR count). The standard InChI is InChI=1S/C21H26N6O2/c1-24-5-7-25(8-6-24)19-14-22-20-21(26-9-11-29-12-10-26)23-18(15-27(19)20)16-3-2-4-17(28)13-16/h2-4,13-15,28H,5-12H2,1H3. The molecule has 0 spiro atoms. The van der Waals surface area contributed by atoms with Gasteiger partial charge in [-0.1, -0.05) is 12.1 Å². The fourth-order valence-electron chi connectivity index (χ4n) is 4.02.